The van der Waals surface area contributed by atoms with Gasteiger partial charge in [0.25, 0.3) is 0 Å². The van der Waals surface area contributed by atoms with Crippen molar-refractivity contribution in [3.05, 3.63) is 24.0 Å². The van der Waals surface area contributed by atoms with E-state index >= 15 is 0 Å². The molecule has 1 N–H and O–H groups in total. The first kappa shape index (κ1) is 20.4. The van der Waals surface area contributed by atoms with Crippen LogP contribution in [-0.4, -0.2) is 44.9 Å². The van der Waals surface area contributed by atoms with Crippen molar-refractivity contribution >= 4 is 15.9 Å². The van der Waals surface area contributed by atoms with Gasteiger partial charge in [-0.15, -0.1) is 0 Å². The van der Waals surface area contributed by atoms with E-state index < -0.39 is 21.7 Å². The highest BCUT2D eigenvalue weighted by Crippen LogP contribution is 2.27. The maximum Gasteiger partial charge on any atom is 0.247 e. The highest BCUT2D eigenvalue weighted by molar-refractivity contribution is 7.89. The Morgan fingerprint density at radius 2 is 2.04 bits per heavy atom. The normalized spacial score (nSPS) is 12.9. The second-order valence-corrected chi connectivity index (χ2v) is 7.39. The summed E-state index contributed by atoms with van der Waals surface area (Å²) in [5.74, 6) is -1.04. The quantitative estimate of drug-likeness (QED) is 0.732. The minimum atomic E-state index is -4.05. The van der Waals surface area contributed by atoms with Gasteiger partial charge < -0.3 is 10.1 Å². The van der Waals surface area contributed by atoms with E-state index in [1.807, 2.05) is 13.8 Å². The number of likely N-dealkylation sites (N-methyl/N-ethyl adjacent to an activating group) is 1. The average molecular weight is 360 g/mol. The third kappa shape index (κ3) is 5.17. The fourth-order valence-electron chi connectivity index (χ4n) is 2.34. The van der Waals surface area contributed by atoms with Crippen molar-refractivity contribution in [1.82, 2.24) is 9.62 Å². The van der Waals surface area contributed by atoms with Gasteiger partial charge in [-0.25, -0.2) is 12.8 Å². The third-order valence-electron chi connectivity index (χ3n) is 3.55. The van der Waals surface area contributed by atoms with E-state index in [0.717, 1.165) is 29.3 Å². The van der Waals surface area contributed by atoms with Crippen molar-refractivity contribution in [2.75, 3.05) is 20.2 Å². The van der Waals surface area contributed by atoms with Crippen LogP contribution in [0.2, 0.25) is 0 Å². The summed E-state index contributed by atoms with van der Waals surface area (Å²) in [5.41, 5.74) is 0. The van der Waals surface area contributed by atoms with Crippen LogP contribution >= 0.6 is 0 Å². The number of amides is 1. The van der Waals surface area contributed by atoms with Crippen molar-refractivity contribution in [2.45, 2.75) is 44.6 Å². The molecule has 1 atom stereocenters. The number of nitrogens with zero attached hydrogens (tertiary/aromatic N) is 1. The van der Waals surface area contributed by atoms with Crippen LogP contribution in [-0.2, 0) is 14.8 Å². The molecule has 0 bridgehead atoms. The zero-order valence-corrected chi connectivity index (χ0v) is 15.3. The van der Waals surface area contributed by atoms with Gasteiger partial charge in [-0.05, 0) is 31.5 Å². The molecule has 24 heavy (non-hydrogen) atoms. The number of hydrogen-bond acceptors (Lipinski definition) is 4. The van der Waals surface area contributed by atoms with Crippen LogP contribution in [0, 0.1) is 5.82 Å². The zero-order chi connectivity index (χ0) is 18.3. The van der Waals surface area contributed by atoms with Crippen LogP contribution in [0.1, 0.15) is 33.6 Å². The van der Waals surface area contributed by atoms with Gasteiger partial charge in [-0.2, -0.15) is 4.31 Å². The number of carbonyl (C=O) groups excluding carboxylic acids is 1. The fraction of sp³-hybridized carbons (Fsp3) is 0.562. The van der Waals surface area contributed by atoms with Crippen molar-refractivity contribution in [2.24, 2.45) is 0 Å². The molecule has 0 aromatic heterocycles. The van der Waals surface area contributed by atoms with Gasteiger partial charge in [0.15, 0.2) is 0 Å². The van der Waals surface area contributed by atoms with Crippen LogP contribution in [0.4, 0.5) is 4.39 Å². The van der Waals surface area contributed by atoms with E-state index in [1.165, 1.54) is 13.2 Å². The molecule has 0 saturated heterocycles. The molecule has 0 saturated carbocycles. The molecule has 0 radical (unpaired) electrons. The van der Waals surface area contributed by atoms with Gasteiger partial charge in [-0.3, -0.25) is 4.79 Å². The number of ether oxygens (including phenoxy) is 1. The Kier molecular flexibility index (Phi) is 7.62. The van der Waals surface area contributed by atoms with E-state index in [-0.39, 0.29) is 29.8 Å². The SMILES string of the molecule is CCCC(C)NC(=O)CN(CC)S(=O)(=O)c1cc(F)ccc1OC. The Balaban J connectivity index is 3.02. The number of methoxy groups -OCH3 is 1. The maximum atomic E-state index is 13.5. The lowest BCUT2D eigenvalue weighted by atomic mass is 10.2. The predicted octanol–water partition coefficient (Wildman–Crippen LogP) is 2.15. The van der Waals surface area contributed by atoms with Crippen molar-refractivity contribution in [3.8, 4) is 5.75 Å². The summed E-state index contributed by atoms with van der Waals surface area (Å²) in [5, 5.41) is 2.76. The number of nitrogens with one attached hydrogen (secondary N) is 1. The number of benzene rings is 1. The molecule has 0 spiro atoms. The molecule has 1 unspecified atom stereocenters. The lowest BCUT2D eigenvalue weighted by Crippen LogP contribution is -2.43. The van der Waals surface area contributed by atoms with Crippen molar-refractivity contribution < 1.29 is 22.3 Å². The molecule has 1 amide bonds. The van der Waals surface area contributed by atoms with Gasteiger partial charge >= 0.3 is 0 Å². The molecule has 6 nitrogen and oxygen atoms in total. The van der Waals surface area contributed by atoms with Gasteiger partial charge in [0.1, 0.15) is 16.5 Å². The first-order valence-electron chi connectivity index (χ1n) is 7.89. The number of halogens is 1. The zero-order valence-electron chi connectivity index (χ0n) is 14.5. The lowest BCUT2D eigenvalue weighted by molar-refractivity contribution is -0.121. The predicted molar refractivity (Wildman–Crippen MR) is 89.9 cm³/mol. The monoisotopic (exact) mass is 360 g/mol. The fourth-order valence-corrected chi connectivity index (χ4v) is 3.92. The first-order chi connectivity index (χ1) is 11.3. The van der Waals surface area contributed by atoms with E-state index in [4.69, 9.17) is 4.74 Å². The van der Waals surface area contributed by atoms with E-state index in [1.54, 1.807) is 6.92 Å². The third-order valence-corrected chi connectivity index (χ3v) is 5.49. The summed E-state index contributed by atoms with van der Waals surface area (Å²) in [4.78, 5) is 11.8. The van der Waals surface area contributed by atoms with Crippen LogP contribution in [0.5, 0.6) is 5.75 Å². The molecule has 0 aliphatic heterocycles. The molecule has 0 fully saturated rings. The molecule has 0 heterocycles. The van der Waals surface area contributed by atoms with Crippen LogP contribution < -0.4 is 10.1 Å². The number of rotatable bonds is 9. The van der Waals surface area contributed by atoms with E-state index in [0.29, 0.717) is 0 Å². The Morgan fingerprint density at radius 1 is 1.38 bits per heavy atom. The number of carbonyl (C=O) groups is 1. The number of sulfonamides is 1. The van der Waals surface area contributed by atoms with Gasteiger partial charge in [0.2, 0.25) is 15.9 Å². The van der Waals surface area contributed by atoms with Gasteiger partial charge in [0.05, 0.1) is 13.7 Å². The summed E-state index contributed by atoms with van der Waals surface area (Å²) in [6.45, 7) is 5.24. The second-order valence-electron chi connectivity index (χ2n) is 5.48. The maximum absolute atomic E-state index is 13.5. The molecule has 1 rings (SSSR count). The summed E-state index contributed by atoms with van der Waals surface area (Å²) in [6.07, 6.45) is 1.72. The summed E-state index contributed by atoms with van der Waals surface area (Å²) in [7, 11) is -2.74. The van der Waals surface area contributed by atoms with Gasteiger partial charge in [-0.1, -0.05) is 20.3 Å². The molecule has 0 aliphatic carbocycles. The summed E-state index contributed by atoms with van der Waals surface area (Å²) >= 11 is 0. The van der Waals surface area contributed by atoms with Crippen molar-refractivity contribution in [1.29, 1.82) is 0 Å². The first-order valence-corrected chi connectivity index (χ1v) is 9.33. The van der Waals surface area contributed by atoms with Crippen LogP contribution in [0.25, 0.3) is 0 Å². The Morgan fingerprint density at radius 3 is 2.58 bits per heavy atom. The lowest BCUT2D eigenvalue weighted by Gasteiger charge is -2.22. The smallest absolute Gasteiger partial charge is 0.247 e. The van der Waals surface area contributed by atoms with Crippen molar-refractivity contribution in [3.63, 3.8) is 0 Å². The molecular weight excluding hydrogens is 335 g/mol. The van der Waals surface area contributed by atoms with E-state index in [9.17, 15) is 17.6 Å². The highest BCUT2D eigenvalue weighted by Gasteiger charge is 2.29. The molecule has 8 heteroatoms. The molecule has 1 aromatic carbocycles. The summed E-state index contributed by atoms with van der Waals surface area (Å²) < 4.78 is 45.0. The average Bonchev–Trinajstić information content (AvgIpc) is 2.52. The van der Waals surface area contributed by atoms with Crippen LogP contribution in [0.15, 0.2) is 23.1 Å². The van der Waals surface area contributed by atoms with Gasteiger partial charge in [0, 0.05) is 12.6 Å². The minimum absolute atomic E-state index is 0.0346. The molecule has 1 aromatic rings. The van der Waals surface area contributed by atoms with E-state index in [2.05, 4.69) is 5.32 Å². The Hall–Kier alpha value is -1.67. The topological polar surface area (TPSA) is 75.7 Å². The Bertz CT molecular complexity index is 664. The molecule has 0 aliphatic rings. The second kappa shape index (κ2) is 8.98. The largest absolute Gasteiger partial charge is 0.495 e. The summed E-state index contributed by atoms with van der Waals surface area (Å²) in [6, 6.07) is 3.23. The standard InChI is InChI=1S/C16H25FN2O4S/c1-5-7-12(3)18-16(20)11-19(6-2)24(21,22)15-10-13(17)8-9-14(15)23-4/h8-10,12H,5-7,11H2,1-4H3,(H,18,20). The Labute approximate surface area is 143 Å². The number of hydrogen-bond donors (Lipinski definition) is 1. The molecule has 136 valence electrons. The minimum Gasteiger partial charge on any atom is -0.495 e. The highest BCUT2D eigenvalue weighted by atomic mass is 32.2. The van der Waals surface area contributed by atoms with Crippen LogP contribution in [0.3, 0.4) is 0 Å². The molecular formula is C16H25FN2O4S.